The Bertz CT molecular complexity index is 861. The molecule has 2 heterocycles. The van der Waals surface area contributed by atoms with E-state index in [4.69, 9.17) is 10.00 Å². The van der Waals surface area contributed by atoms with Gasteiger partial charge in [0.05, 0.1) is 23.7 Å². The molecule has 0 bridgehead atoms. The molecule has 1 aliphatic rings. The summed E-state index contributed by atoms with van der Waals surface area (Å²) in [7, 11) is 0. The van der Waals surface area contributed by atoms with E-state index in [2.05, 4.69) is 16.4 Å². The van der Waals surface area contributed by atoms with Crippen LogP contribution in [0, 0.1) is 11.3 Å². The lowest BCUT2D eigenvalue weighted by molar-refractivity contribution is -0.122. The second kappa shape index (κ2) is 7.66. The molecule has 0 aliphatic carbocycles. The highest BCUT2D eigenvalue weighted by molar-refractivity contribution is 6.04. The van der Waals surface area contributed by atoms with Crippen molar-refractivity contribution in [1.29, 1.82) is 5.26 Å². The molecule has 1 N–H and O–H groups in total. The first-order valence-corrected chi connectivity index (χ1v) is 8.26. The van der Waals surface area contributed by atoms with Gasteiger partial charge in [-0.3, -0.25) is 14.6 Å². The standard InChI is InChI=1S/C19H18N4O3/c1-13-18(24)22-16-7-2-6-15(17(16)26-13)19(25)23(10-4-8-20)12-14-5-3-9-21-11-14/h2-3,5-7,9,11,13H,4,10,12H2,1H3,(H,22,24). The van der Waals surface area contributed by atoms with E-state index >= 15 is 0 Å². The summed E-state index contributed by atoms with van der Waals surface area (Å²) >= 11 is 0. The van der Waals surface area contributed by atoms with Crippen molar-refractivity contribution >= 4 is 17.5 Å². The molecule has 1 aromatic heterocycles. The summed E-state index contributed by atoms with van der Waals surface area (Å²) in [5.74, 6) is -0.152. The van der Waals surface area contributed by atoms with E-state index in [0.717, 1.165) is 5.56 Å². The first kappa shape index (κ1) is 17.4. The van der Waals surface area contributed by atoms with Gasteiger partial charge in [-0.2, -0.15) is 5.26 Å². The Kier molecular flexibility index (Phi) is 5.13. The van der Waals surface area contributed by atoms with Crippen molar-refractivity contribution in [3.8, 4) is 11.8 Å². The molecule has 26 heavy (non-hydrogen) atoms. The fraction of sp³-hybridized carbons (Fsp3) is 0.263. The number of para-hydroxylation sites is 1. The van der Waals surface area contributed by atoms with E-state index in [1.165, 1.54) is 0 Å². The number of hydrogen-bond acceptors (Lipinski definition) is 5. The van der Waals surface area contributed by atoms with Crippen molar-refractivity contribution in [2.45, 2.75) is 26.0 Å². The number of amides is 2. The summed E-state index contributed by atoms with van der Waals surface area (Å²) in [6, 6.07) is 10.8. The van der Waals surface area contributed by atoms with Crippen LogP contribution in [0.5, 0.6) is 5.75 Å². The second-order valence-corrected chi connectivity index (χ2v) is 5.93. The lowest BCUT2D eigenvalue weighted by Gasteiger charge is -2.27. The fourth-order valence-corrected chi connectivity index (χ4v) is 2.72. The first-order chi connectivity index (χ1) is 12.6. The van der Waals surface area contributed by atoms with Gasteiger partial charge in [0.25, 0.3) is 11.8 Å². The normalized spacial score (nSPS) is 15.2. The van der Waals surface area contributed by atoms with E-state index in [1.54, 1.807) is 48.5 Å². The SMILES string of the molecule is CC1Oc2c(cccc2C(=O)N(CCC#N)Cc2cccnc2)NC1=O. The third-order valence-electron chi connectivity index (χ3n) is 4.04. The summed E-state index contributed by atoms with van der Waals surface area (Å²) in [6.45, 7) is 2.25. The van der Waals surface area contributed by atoms with Gasteiger partial charge in [-0.1, -0.05) is 12.1 Å². The van der Waals surface area contributed by atoms with Gasteiger partial charge in [-0.15, -0.1) is 0 Å². The molecule has 0 fully saturated rings. The third-order valence-corrected chi connectivity index (χ3v) is 4.04. The Balaban J connectivity index is 1.91. The quantitative estimate of drug-likeness (QED) is 0.893. The van der Waals surface area contributed by atoms with E-state index in [-0.39, 0.29) is 24.8 Å². The largest absolute Gasteiger partial charge is 0.478 e. The summed E-state index contributed by atoms with van der Waals surface area (Å²) in [6.07, 6.45) is 2.89. The van der Waals surface area contributed by atoms with Crippen molar-refractivity contribution in [3.63, 3.8) is 0 Å². The lowest BCUT2D eigenvalue weighted by Crippen LogP contribution is -2.37. The van der Waals surface area contributed by atoms with Gasteiger partial charge in [0, 0.05) is 25.5 Å². The highest BCUT2D eigenvalue weighted by Gasteiger charge is 2.29. The van der Waals surface area contributed by atoms with Crippen LogP contribution in [0.1, 0.15) is 29.3 Å². The van der Waals surface area contributed by atoms with Gasteiger partial charge in [-0.25, -0.2) is 0 Å². The molecular weight excluding hydrogens is 332 g/mol. The zero-order valence-electron chi connectivity index (χ0n) is 14.3. The molecule has 7 nitrogen and oxygen atoms in total. The van der Waals surface area contributed by atoms with Gasteiger partial charge in [0.2, 0.25) is 0 Å². The van der Waals surface area contributed by atoms with Crippen LogP contribution >= 0.6 is 0 Å². The average molecular weight is 350 g/mol. The summed E-state index contributed by atoms with van der Waals surface area (Å²) < 4.78 is 5.66. The van der Waals surface area contributed by atoms with Crippen LogP contribution in [0.4, 0.5) is 5.69 Å². The van der Waals surface area contributed by atoms with Crippen LogP contribution in [0.3, 0.4) is 0 Å². The molecular formula is C19H18N4O3. The van der Waals surface area contributed by atoms with E-state index in [0.29, 0.717) is 23.5 Å². The molecule has 1 unspecified atom stereocenters. The van der Waals surface area contributed by atoms with Crippen molar-refractivity contribution in [3.05, 3.63) is 53.9 Å². The zero-order chi connectivity index (χ0) is 18.5. The summed E-state index contributed by atoms with van der Waals surface area (Å²) in [4.78, 5) is 30.5. The summed E-state index contributed by atoms with van der Waals surface area (Å²) in [5.41, 5.74) is 1.70. The zero-order valence-corrected chi connectivity index (χ0v) is 14.3. The minimum absolute atomic E-state index is 0.217. The number of nitrogens with zero attached hydrogens (tertiary/aromatic N) is 3. The lowest BCUT2D eigenvalue weighted by atomic mass is 10.1. The molecule has 1 aromatic carbocycles. The maximum atomic E-state index is 13.1. The molecule has 1 aliphatic heterocycles. The molecule has 0 radical (unpaired) electrons. The van der Waals surface area contributed by atoms with Crippen molar-refractivity contribution in [1.82, 2.24) is 9.88 Å². The van der Waals surface area contributed by atoms with Crippen molar-refractivity contribution < 1.29 is 14.3 Å². The number of nitrogens with one attached hydrogen (secondary N) is 1. The maximum absolute atomic E-state index is 13.1. The van der Waals surface area contributed by atoms with Crippen molar-refractivity contribution in [2.75, 3.05) is 11.9 Å². The number of ether oxygens (including phenoxy) is 1. The predicted molar refractivity (Wildman–Crippen MR) is 94.4 cm³/mol. The van der Waals surface area contributed by atoms with Crippen LogP contribution < -0.4 is 10.1 Å². The minimum atomic E-state index is -0.678. The first-order valence-electron chi connectivity index (χ1n) is 8.26. The van der Waals surface area contributed by atoms with Crippen LogP contribution in [-0.4, -0.2) is 34.3 Å². The number of benzene rings is 1. The Morgan fingerprint density at radius 2 is 2.23 bits per heavy atom. The van der Waals surface area contributed by atoms with Gasteiger partial charge < -0.3 is 15.0 Å². The predicted octanol–water partition coefficient (Wildman–Crippen LogP) is 2.36. The number of carbonyl (C=O) groups is 2. The van der Waals surface area contributed by atoms with Crippen LogP contribution in [0.15, 0.2) is 42.7 Å². The number of anilines is 1. The Morgan fingerprint density at radius 1 is 1.38 bits per heavy atom. The molecule has 132 valence electrons. The molecule has 3 rings (SSSR count). The van der Waals surface area contributed by atoms with E-state index in [1.807, 2.05) is 6.07 Å². The van der Waals surface area contributed by atoms with Crippen LogP contribution in [-0.2, 0) is 11.3 Å². The number of carbonyl (C=O) groups excluding carboxylic acids is 2. The molecule has 1 atom stereocenters. The highest BCUT2D eigenvalue weighted by atomic mass is 16.5. The van der Waals surface area contributed by atoms with Crippen LogP contribution in [0.25, 0.3) is 0 Å². The topological polar surface area (TPSA) is 95.3 Å². The number of aromatic nitrogens is 1. The number of hydrogen-bond donors (Lipinski definition) is 1. The molecule has 2 amide bonds. The van der Waals surface area contributed by atoms with Crippen molar-refractivity contribution in [2.24, 2.45) is 0 Å². The number of rotatable bonds is 5. The molecule has 0 saturated carbocycles. The maximum Gasteiger partial charge on any atom is 0.265 e. The average Bonchev–Trinajstić information content (AvgIpc) is 2.66. The monoisotopic (exact) mass is 350 g/mol. The van der Waals surface area contributed by atoms with Gasteiger partial charge >= 0.3 is 0 Å². The number of nitriles is 1. The smallest absolute Gasteiger partial charge is 0.265 e. The minimum Gasteiger partial charge on any atom is -0.478 e. The molecule has 0 spiro atoms. The van der Waals surface area contributed by atoms with Gasteiger partial charge in [-0.05, 0) is 30.7 Å². The molecule has 7 heteroatoms. The van der Waals surface area contributed by atoms with E-state index in [9.17, 15) is 9.59 Å². The van der Waals surface area contributed by atoms with Crippen LogP contribution in [0.2, 0.25) is 0 Å². The van der Waals surface area contributed by atoms with E-state index < -0.39 is 6.10 Å². The van der Waals surface area contributed by atoms with Gasteiger partial charge in [0.1, 0.15) is 0 Å². The summed E-state index contributed by atoms with van der Waals surface area (Å²) in [5, 5.41) is 11.7. The molecule has 2 aromatic rings. The fourth-order valence-electron chi connectivity index (χ4n) is 2.72. The third kappa shape index (κ3) is 3.64. The van der Waals surface area contributed by atoms with Gasteiger partial charge in [0.15, 0.2) is 11.9 Å². The Hall–Kier alpha value is -3.40. The Labute approximate surface area is 151 Å². The Morgan fingerprint density at radius 3 is 2.96 bits per heavy atom. The number of fused-ring (bicyclic) bond motifs is 1. The number of pyridine rings is 1. The second-order valence-electron chi connectivity index (χ2n) is 5.93. The molecule has 0 saturated heterocycles. The highest BCUT2D eigenvalue weighted by Crippen LogP contribution is 2.34.